The van der Waals surface area contributed by atoms with Crippen molar-refractivity contribution in [1.82, 2.24) is 0 Å². The average Bonchev–Trinajstić information content (AvgIpc) is 3.63. The molecule has 0 heteroatoms. The van der Waals surface area contributed by atoms with Crippen molar-refractivity contribution in [2.24, 2.45) is 0 Å². The molecule has 0 heterocycles. The Morgan fingerprint density at radius 1 is 0.327 bits per heavy atom. The first-order valence-electron chi connectivity index (χ1n) is 19.8. The lowest BCUT2D eigenvalue weighted by Gasteiger charge is -2.30. The molecule has 0 N–H and O–H groups in total. The standard InChI is InChI=1S/C26H18.C11H16.C10H14.C8H10/c1-17-14-15-21-20-10-4-7-13-24(20)26(25(21)16-17)22-11-5-2-8-18(22)19-9-3-6-12-23(19)26;1-9-5-7-10(8-6-9)11(2,3)4;1-7-5-8(2)10(4)9(3)6-7;1-7-3-5-8(2)6-4-7/h2-16H,1H3;5-8H,1-4H3;5-6H,1-4H3;3-6H,1-2H3. The molecule has 9 rings (SSSR count). The molecular formula is C55H58. The Bertz CT molecular complexity index is 2310. The van der Waals surface area contributed by atoms with Crippen molar-refractivity contribution in [2.75, 3.05) is 0 Å². The predicted molar refractivity (Wildman–Crippen MR) is 239 cm³/mol. The van der Waals surface area contributed by atoms with Crippen molar-refractivity contribution in [3.05, 3.63) is 224 Å². The van der Waals surface area contributed by atoms with E-state index in [-0.39, 0.29) is 10.8 Å². The van der Waals surface area contributed by atoms with Crippen LogP contribution < -0.4 is 0 Å². The SMILES string of the molecule is Cc1cc(C)c(C)c(C)c1.Cc1ccc(C(C)(C)C)cc1.Cc1ccc(C)cc1.Cc1ccc2c(c1)C1(c3ccccc3-c3ccccc31)c1ccccc1-2. The maximum atomic E-state index is 2.40. The molecule has 0 amide bonds. The smallest absolute Gasteiger partial charge is 0.0619 e. The Morgan fingerprint density at radius 3 is 1.07 bits per heavy atom. The summed E-state index contributed by atoms with van der Waals surface area (Å²) in [5, 5.41) is 0. The zero-order chi connectivity index (χ0) is 39.5. The van der Waals surface area contributed by atoms with Gasteiger partial charge in [-0.25, -0.2) is 0 Å². The Labute approximate surface area is 332 Å². The van der Waals surface area contributed by atoms with Crippen LogP contribution in [-0.4, -0.2) is 0 Å². The van der Waals surface area contributed by atoms with Gasteiger partial charge < -0.3 is 0 Å². The molecule has 0 fully saturated rings. The molecular weight excluding hydrogens is 661 g/mol. The number of aryl methyl sites for hydroxylation is 7. The second-order valence-corrected chi connectivity index (χ2v) is 16.7. The molecule has 2 aliphatic carbocycles. The Kier molecular flexibility index (Phi) is 11.5. The van der Waals surface area contributed by atoms with E-state index in [1.54, 1.807) is 0 Å². The fraction of sp³-hybridized carbons (Fsp3) is 0.236. The van der Waals surface area contributed by atoms with Crippen molar-refractivity contribution in [1.29, 1.82) is 0 Å². The fourth-order valence-corrected chi connectivity index (χ4v) is 8.15. The summed E-state index contributed by atoms with van der Waals surface area (Å²) in [6, 6.07) is 55.4. The van der Waals surface area contributed by atoms with Crippen molar-refractivity contribution in [3.63, 3.8) is 0 Å². The summed E-state index contributed by atoms with van der Waals surface area (Å²) in [7, 11) is 0. The van der Waals surface area contributed by atoms with Gasteiger partial charge >= 0.3 is 0 Å². The maximum absolute atomic E-state index is 2.40. The molecule has 7 aromatic rings. The maximum Gasteiger partial charge on any atom is 0.0725 e. The molecule has 7 aromatic carbocycles. The minimum absolute atomic E-state index is 0.189. The van der Waals surface area contributed by atoms with Crippen LogP contribution in [0.1, 0.15) is 93.1 Å². The van der Waals surface area contributed by atoms with Crippen LogP contribution >= 0.6 is 0 Å². The molecule has 0 saturated heterocycles. The molecule has 0 bridgehead atoms. The van der Waals surface area contributed by atoms with Gasteiger partial charge in [0.1, 0.15) is 0 Å². The van der Waals surface area contributed by atoms with E-state index in [1.807, 2.05) is 0 Å². The highest BCUT2D eigenvalue weighted by Gasteiger charge is 2.51. The van der Waals surface area contributed by atoms with E-state index < -0.39 is 0 Å². The lowest BCUT2D eigenvalue weighted by atomic mass is 9.70. The summed E-state index contributed by atoms with van der Waals surface area (Å²) >= 11 is 0. The quantitative estimate of drug-likeness (QED) is 0.146. The summed E-state index contributed by atoms with van der Waals surface area (Å²) < 4.78 is 0. The lowest BCUT2D eigenvalue weighted by molar-refractivity contribution is 0.590. The van der Waals surface area contributed by atoms with Crippen LogP contribution in [0, 0.1) is 55.4 Å². The predicted octanol–water partition coefficient (Wildman–Crippen LogP) is 14.9. The van der Waals surface area contributed by atoms with Crippen molar-refractivity contribution in [3.8, 4) is 22.3 Å². The molecule has 0 unspecified atom stereocenters. The van der Waals surface area contributed by atoms with E-state index in [1.165, 1.54) is 94.6 Å². The van der Waals surface area contributed by atoms with Gasteiger partial charge in [-0.1, -0.05) is 200 Å². The first-order chi connectivity index (χ1) is 26.2. The molecule has 55 heavy (non-hydrogen) atoms. The molecule has 0 saturated carbocycles. The summed E-state index contributed by atoms with van der Waals surface area (Å²) in [6.07, 6.45) is 0. The van der Waals surface area contributed by atoms with Crippen molar-refractivity contribution in [2.45, 2.75) is 87.0 Å². The number of hydrogen-bond donors (Lipinski definition) is 0. The first-order valence-corrected chi connectivity index (χ1v) is 19.8. The second-order valence-electron chi connectivity index (χ2n) is 16.7. The summed E-state index contributed by atoms with van der Waals surface area (Å²) in [5.74, 6) is 0. The van der Waals surface area contributed by atoms with Gasteiger partial charge in [0.05, 0.1) is 5.41 Å². The summed E-state index contributed by atoms with van der Waals surface area (Å²) in [5.41, 5.74) is 23.5. The zero-order valence-corrected chi connectivity index (χ0v) is 34.9. The first kappa shape index (κ1) is 39.2. The minimum atomic E-state index is -0.189. The van der Waals surface area contributed by atoms with Gasteiger partial charge in [0.2, 0.25) is 0 Å². The van der Waals surface area contributed by atoms with Crippen molar-refractivity contribution < 1.29 is 0 Å². The van der Waals surface area contributed by atoms with Gasteiger partial charge in [-0.15, -0.1) is 0 Å². The van der Waals surface area contributed by atoms with Crippen LogP contribution in [0.4, 0.5) is 0 Å². The molecule has 0 aliphatic heterocycles. The van der Waals surface area contributed by atoms with Gasteiger partial charge in [-0.2, -0.15) is 0 Å². The van der Waals surface area contributed by atoms with Gasteiger partial charge in [-0.3, -0.25) is 0 Å². The van der Waals surface area contributed by atoms with Crippen LogP contribution in [0.5, 0.6) is 0 Å². The van der Waals surface area contributed by atoms with Crippen LogP contribution in [0.3, 0.4) is 0 Å². The fourth-order valence-electron chi connectivity index (χ4n) is 8.15. The monoisotopic (exact) mass is 718 g/mol. The van der Waals surface area contributed by atoms with Gasteiger partial charge in [-0.05, 0) is 128 Å². The highest BCUT2D eigenvalue weighted by Crippen LogP contribution is 2.62. The topological polar surface area (TPSA) is 0 Å². The largest absolute Gasteiger partial charge is 0.0725 e. The van der Waals surface area contributed by atoms with E-state index >= 15 is 0 Å². The number of benzene rings is 7. The third kappa shape index (κ3) is 8.01. The van der Waals surface area contributed by atoms with Crippen LogP contribution in [0.25, 0.3) is 22.3 Å². The summed E-state index contributed by atoms with van der Waals surface area (Å²) in [6.45, 7) is 23.8. The van der Waals surface area contributed by atoms with E-state index in [0.717, 1.165) is 0 Å². The molecule has 1 spiro atoms. The Balaban J connectivity index is 0.000000147. The highest BCUT2D eigenvalue weighted by atomic mass is 14.5. The van der Waals surface area contributed by atoms with E-state index in [4.69, 9.17) is 0 Å². The molecule has 278 valence electrons. The minimum Gasteiger partial charge on any atom is -0.0619 e. The number of hydrogen-bond acceptors (Lipinski definition) is 0. The molecule has 2 aliphatic rings. The van der Waals surface area contributed by atoms with E-state index in [2.05, 4.69) is 228 Å². The third-order valence-corrected chi connectivity index (χ3v) is 11.4. The summed E-state index contributed by atoms with van der Waals surface area (Å²) in [4.78, 5) is 0. The Morgan fingerprint density at radius 2 is 0.673 bits per heavy atom. The van der Waals surface area contributed by atoms with Gasteiger partial charge in [0.25, 0.3) is 0 Å². The number of rotatable bonds is 0. The lowest BCUT2D eigenvalue weighted by Crippen LogP contribution is -2.25. The van der Waals surface area contributed by atoms with Crippen LogP contribution in [0.15, 0.2) is 152 Å². The van der Waals surface area contributed by atoms with Crippen molar-refractivity contribution >= 4 is 0 Å². The molecule has 0 aromatic heterocycles. The molecule has 0 atom stereocenters. The van der Waals surface area contributed by atoms with E-state index in [9.17, 15) is 0 Å². The molecule has 0 radical (unpaired) electrons. The zero-order valence-electron chi connectivity index (χ0n) is 34.9. The normalized spacial score (nSPS) is 12.4. The van der Waals surface area contributed by atoms with E-state index in [0.29, 0.717) is 0 Å². The number of fused-ring (bicyclic) bond motifs is 10. The second kappa shape index (κ2) is 16.1. The van der Waals surface area contributed by atoms with Gasteiger partial charge in [0, 0.05) is 0 Å². The van der Waals surface area contributed by atoms with Crippen LogP contribution in [0.2, 0.25) is 0 Å². The van der Waals surface area contributed by atoms with Gasteiger partial charge in [0.15, 0.2) is 0 Å². The molecule has 0 nitrogen and oxygen atoms in total. The Hall–Kier alpha value is -5.46. The average molecular weight is 719 g/mol. The highest BCUT2D eigenvalue weighted by molar-refractivity contribution is 5.94. The third-order valence-electron chi connectivity index (χ3n) is 11.4. The van der Waals surface area contributed by atoms with Crippen LogP contribution in [-0.2, 0) is 10.8 Å².